The number of hydrogen-bond acceptors (Lipinski definition) is 5. The number of aromatic nitrogens is 2. The average Bonchev–Trinajstić information content (AvgIpc) is 3.02. The molecule has 3 aromatic rings. The van der Waals surface area contributed by atoms with E-state index in [0.717, 1.165) is 17.0 Å². The molecule has 3 rings (SSSR count). The van der Waals surface area contributed by atoms with Gasteiger partial charge in [-0.25, -0.2) is 4.79 Å². The summed E-state index contributed by atoms with van der Waals surface area (Å²) in [5.74, 6) is -1.39. The third kappa shape index (κ3) is 5.33. The Morgan fingerprint density at radius 2 is 1.71 bits per heavy atom. The molecule has 0 saturated carbocycles. The van der Waals surface area contributed by atoms with Crippen LogP contribution in [0.15, 0.2) is 60.7 Å². The summed E-state index contributed by atoms with van der Waals surface area (Å²) in [5, 5.41) is 6.91. The van der Waals surface area contributed by atoms with Crippen LogP contribution in [-0.2, 0) is 21.4 Å². The van der Waals surface area contributed by atoms with Crippen molar-refractivity contribution >= 4 is 29.4 Å². The summed E-state index contributed by atoms with van der Waals surface area (Å²) in [6, 6.07) is 15.5. The molecule has 0 aliphatic heterocycles. The van der Waals surface area contributed by atoms with Crippen molar-refractivity contribution in [3.8, 4) is 0 Å². The van der Waals surface area contributed by atoms with Gasteiger partial charge in [0.05, 0.1) is 11.4 Å². The Kier molecular flexibility index (Phi) is 6.77. The Balaban J connectivity index is 1.61. The minimum atomic E-state index is -0.647. The van der Waals surface area contributed by atoms with E-state index in [-0.39, 0.29) is 5.78 Å². The number of nitrogens with zero attached hydrogens (tertiary/aromatic N) is 2. The summed E-state index contributed by atoms with van der Waals surface area (Å²) in [4.78, 5) is 37.0. The molecule has 31 heavy (non-hydrogen) atoms. The molecule has 158 valence electrons. The van der Waals surface area contributed by atoms with Gasteiger partial charge in [0.2, 0.25) is 0 Å². The number of hydrogen-bond donors (Lipinski definition) is 1. The van der Waals surface area contributed by atoms with E-state index in [0.29, 0.717) is 16.8 Å². The maximum atomic E-state index is 12.7. The van der Waals surface area contributed by atoms with Gasteiger partial charge in [-0.05, 0) is 32.1 Å². The van der Waals surface area contributed by atoms with Crippen molar-refractivity contribution in [1.29, 1.82) is 0 Å². The smallest absolute Gasteiger partial charge is 0.331 e. The van der Waals surface area contributed by atoms with Crippen LogP contribution in [0.5, 0.6) is 0 Å². The summed E-state index contributed by atoms with van der Waals surface area (Å²) in [7, 11) is 1.82. The van der Waals surface area contributed by atoms with Crippen molar-refractivity contribution < 1.29 is 19.1 Å². The number of amides is 1. The second-order valence-electron chi connectivity index (χ2n) is 6.94. The van der Waals surface area contributed by atoms with Crippen molar-refractivity contribution in [2.24, 2.45) is 7.05 Å². The van der Waals surface area contributed by atoms with Crippen molar-refractivity contribution in [2.45, 2.75) is 13.8 Å². The lowest BCUT2D eigenvalue weighted by molar-refractivity contribution is -0.142. The monoisotopic (exact) mass is 417 g/mol. The number of nitrogens with one attached hydrogen (secondary N) is 1. The molecule has 0 atom stereocenters. The zero-order chi connectivity index (χ0) is 22.4. The molecule has 0 spiro atoms. The van der Waals surface area contributed by atoms with Gasteiger partial charge in [0.1, 0.15) is 0 Å². The van der Waals surface area contributed by atoms with Crippen LogP contribution in [0.2, 0.25) is 0 Å². The Bertz CT molecular complexity index is 1150. The molecule has 0 radical (unpaired) electrons. The number of aryl methyl sites for hydroxylation is 2. The SMILES string of the molecule is Cc1nn(C)c(C)c1/C=C/C(=O)OCC(=O)Nc1ccccc1C(=O)c1ccccc1. The van der Waals surface area contributed by atoms with E-state index in [1.54, 1.807) is 59.3 Å². The Morgan fingerprint density at radius 3 is 2.39 bits per heavy atom. The number of carbonyl (C=O) groups is 3. The molecule has 1 amide bonds. The fourth-order valence-electron chi connectivity index (χ4n) is 3.09. The minimum Gasteiger partial charge on any atom is -0.452 e. The van der Waals surface area contributed by atoms with Crippen LogP contribution >= 0.6 is 0 Å². The molecule has 1 aromatic heterocycles. The molecular formula is C24H23N3O4. The highest BCUT2D eigenvalue weighted by atomic mass is 16.5. The number of para-hydroxylation sites is 1. The minimum absolute atomic E-state index is 0.210. The van der Waals surface area contributed by atoms with E-state index in [4.69, 9.17) is 4.74 Å². The fourth-order valence-corrected chi connectivity index (χ4v) is 3.09. The molecule has 0 fully saturated rings. The molecule has 0 aliphatic carbocycles. The number of benzene rings is 2. The summed E-state index contributed by atoms with van der Waals surface area (Å²) in [5.41, 5.74) is 3.77. The lowest BCUT2D eigenvalue weighted by Gasteiger charge is -2.10. The van der Waals surface area contributed by atoms with Crippen LogP contribution < -0.4 is 5.32 Å². The van der Waals surface area contributed by atoms with Crippen LogP contribution in [0.3, 0.4) is 0 Å². The van der Waals surface area contributed by atoms with E-state index in [2.05, 4.69) is 10.4 Å². The molecule has 7 heteroatoms. The lowest BCUT2D eigenvalue weighted by Crippen LogP contribution is -2.21. The molecule has 7 nitrogen and oxygen atoms in total. The van der Waals surface area contributed by atoms with Crippen LogP contribution in [0.4, 0.5) is 5.69 Å². The largest absolute Gasteiger partial charge is 0.452 e. The van der Waals surface area contributed by atoms with Gasteiger partial charge in [0.25, 0.3) is 5.91 Å². The first-order chi connectivity index (χ1) is 14.9. The normalized spacial score (nSPS) is 10.8. The second-order valence-corrected chi connectivity index (χ2v) is 6.94. The number of rotatable bonds is 7. The number of esters is 1. The number of ketones is 1. The van der Waals surface area contributed by atoms with Gasteiger partial charge in [-0.1, -0.05) is 42.5 Å². The van der Waals surface area contributed by atoms with Crippen LogP contribution in [0.1, 0.15) is 32.9 Å². The fraction of sp³-hybridized carbons (Fsp3) is 0.167. The molecule has 0 saturated heterocycles. The Hall–Kier alpha value is -4.00. The summed E-state index contributed by atoms with van der Waals surface area (Å²) < 4.78 is 6.74. The number of ether oxygens (including phenoxy) is 1. The maximum absolute atomic E-state index is 12.7. The van der Waals surface area contributed by atoms with Crippen molar-refractivity contribution in [1.82, 2.24) is 9.78 Å². The number of carbonyl (C=O) groups excluding carboxylic acids is 3. The van der Waals surface area contributed by atoms with E-state index < -0.39 is 18.5 Å². The third-order valence-electron chi connectivity index (χ3n) is 4.78. The molecule has 0 bridgehead atoms. The van der Waals surface area contributed by atoms with Crippen molar-refractivity contribution in [2.75, 3.05) is 11.9 Å². The van der Waals surface area contributed by atoms with Crippen molar-refractivity contribution in [3.05, 3.63) is 88.8 Å². The van der Waals surface area contributed by atoms with Crippen molar-refractivity contribution in [3.63, 3.8) is 0 Å². The van der Waals surface area contributed by atoms with Gasteiger partial charge in [-0.2, -0.15) is 5.10 Å². The molecule has 0 aliphatic rings. The van der Waals surface area contributed by atoms with Crippen LogP contribution in [0, 0.1) is 13.8 Å². The average molecular weight is 417 g/mol. The first-order valence-corrected chi connectivity index (χ1v) is 9.70. The number of anilines is 1. The zero-order valence-corrected chi connectivity index (χ0v) is 17.6. The van der Waals surface area contributed by atoms with E-state index in [1.165, 1.54) is 6.08 Å². The quantitative estimate of drug-likeness (QED) is 0.361. The van der Waals surface area contributed by atoms with Gasteiger partial charge in [0.15, 0.2) is 12.4 Å². The van der Waals surface area contributed by atoms with Gasteiger partial charge in [0, 0.05) is 35.5 Å². The van der Waals surface area contributed by atoms with Gasteiger partial charge in [-0.15, -0.1) is 0 Å². The molecule has 2 aromatic carbocycles. The predicted molar refractivity (Wildman–Crippen MR) is 118 cm³/mol. The first-order valence-electron chi connectivity index (χ1n) is 9.70. The van der Waals surface area contributed by atoms with Crippen LogP contribution in [-0.4, -0.2) is 34.0 Å². The Labute approximate surface area is 180 Å². The highest BCUT2D eigenvalue weighted by Gasteiger charge is 2.15. The maximum Gasteiger partial charge on any atom is 0.331 e. The summed E-state index contributed by atoms with van der Waals surface area (Å²) in [6.07, 6.45) is 2.88. The molecule has 1 heterocycles. The van der Waals surface area contributed by atoms with Gasteiger partial charge >= 0.3 is 5.97 Å². The first kappa shape index (κ1) is 21.7. The highest BCUT2D eigenvalue weighted by Crippen LogP contribution is 2.19. The molecule has 1 N–H and O–H groups in total. The zero-order valence-electron chi connectivity index (χ0n) is 17.6. The predicted octanol–water partition coefficient (Wildman–Crippen LogP) is 3.46. The van der Waals surface area contributed by atoms with E-state index >= 15 is 0 Å². The van der Waals surface area contributed by atoms with E-state index in [1.807, 2.05) is 27.0 Å². The second kappa shape index (κ2) is 9.67. The highest BCUT2D eigenvalue weighted by molar-refractivity contribution is 6.13. The summed E-state index contributed by atoms with van der Waals surface area (Å²) >= 11 is 0. The molecule has 0 unspecified atom stereocenters. The van der Waals surface area contributed by atoms with E-state index in [9.17, 15) is 14.4 Å². The third-order valence-corrected chi connectivity index (χ3v) is 4.78. The standard InChI is InChI=1S/C24H23N3O4/c1-16-19(17(2)27(3)26-16)13-14-23(29)31-15-22(28)25-21-12-8-7-11-20(21)24(30)18-9-5-4-6-10-18/h4-14H,15H2,1-3H3,(H,25,28)/b14-13+. The topological polar surface area (TPSA) is 90.3 Å². The summed E-state index contributed by atoms with van der Waals surface area (Å²) in [6.45, 7) is 3.27. The van der Waals surface area contributed by atoms with Gasteiger partial charge in [-0.3, -0.25) is 14.3 Å². The molecular weight excluding hydrogens is 394 g/mol. The van der Waals surface area contributed by atoms with Gasteiger partial charge < -0.3 is 10.1 Å². The Morgan fingerprint density at radius 1 is 1.03 bits per heavy atom. The van der Waals surface area contributed by atoms with Crippen LogP contribution in [0.25, 0.3) is 6.08 Å². The lowest BCUT2D eigenvalue weighted by atomic mass is 10.0.